The molecule has 0 aromatic rings. The molecule has 0 amide bonds. The summed E-state index contributed by atoms with van der Waals surface area (Å²) in [5, 5.41) is 0. The summed E-state index contributed by atoms with van der Waals surface area (Å²) in [4.78, 5) is 0. The van der Waals surface area contributed by atoms with Gasteiger partial charge in [-0.2, -0.15) is 0 Å². The fourth-order valence-electron chi connectivity index (χ4n) is 0. The molecule has 0 aliphatic heterocycles. The molecule has 7 heteroatoms. The van der Waals surface area contributed by atoms with Gasteiger partial charge in [0.15, 0.2) is 0 Å². The third-order valence-electron chi connectivity index (χ3n) is 0. The van der Waals surface area contributed by atoms with Gasteiger partial charge in [0.2, 0.25) is 0 Å². The molecule has 0 rings (SSSR count). The van der Waals surface area contributed by atoms with Crippen LogP contribution in [0.5, 0.6) is 0 Å². The average molecular weight is 480 g/mol. The van der Waals surface area contributed by atoms with E-state index in [4.69, 9.17) is 0 Å². The second kappa shape index (κ2) is 43.6. The van der Waals surface area contributed by atoms with Crippen LogP contribution < -0.4 is 0 Å². The maximum absolute atomic E-state index is 0. The summed E-state index contributed by atoms with van der Waals surface area (Å²) in [6, 6.07) is 0. The van der Waals surface area contributed by atoms with E-state index in [0.717, 1.165) is 0 Å². The number of hydrogen-bond donors (Lipinski definition) is 0. The van der Waals surface area contributed by atoms with Gasteiger partial charge in [-0.3, -0.25) is 0 Å². The van der Waals surface area contributed by atoms with Gasteiger partial charge in [-0.05, 0) is 0 Å². The van der Waals surface area contributed by atoms with Crippen LogP contribution in [0.3, 0.4) is 0 Å². The third-order valence-corrected chi connectivity index (χ3v) is 0. The maximum Gasteiger partial charge on any atom is 2.00 e. The summed E-state index contributed by atoms with van der Waals surface area (Å²) in [6.07, 6.45) is 0. The van der Waals surface area contributed by atoms with Gasteiger partial charge in [-0.25, -0.2) is 0 Å². The zero-order chi connectivity index (χ0) is 0. The minimum Gasteiger partial charge on any atom is -0.813 e. The number of hydrogen-bond acceptors (Lipinski definition) is 4. The molecule has 0 spiro atoms. The average Bonchev–Trinajstić information content (AvgIpc) is 0. The van der Waals surface area contributed by atoms with E-state index >= 15 is 0 Å². The molecule has 36 valence electrons. The Balaban J connectivity index is 0. The van der Waals surface area contributed by atoms with Crippen molar-refractivity contribution in [3.8, 4) is 0 Å². The minimum absolute atomic E-state index is 0. The summed E-state index contributed by atoms with van der Waals surface area (Å²) in [5.74, 6) is 0. The SMILES string of the molecule is [Ba+2].[Ba+2].[Ge].[SH-].[SH-].[SH-].[SH-]. The van der Waals surface area contributed by atoms with E-state index in [1.807, 2.05) is 0 Å². The van der Waals surface area contributed by atoms with Crippen molar-refractivity contribution in [3.63, 3.8) is 0 Å². The molecule has 0 saturated heterocycles. The second-order valence-corrected chi connectivity index (χ2v) is 0. The Kier molecular flexibility index (Phi) is 358. The van der Waals surface area contributed by atoms with Gasteiger partial charge in [0, 0.05) is 17.6 Å². The minimum atomic E-state index is 0. The van der Waals surface area contributed by atoms with E-state index in [9.17, 15) is 0 Å². The first-order valence-corrected chi connectivity index (χ1v) is 0. The van der Waals surface area contributed by atoms with Gasteiger partial charge in [0.25, 0.3) is 0 Å². The van der Waals surface area contributed by atoms with E-state index in [0.29, 0.717) is 0 Å². The molecule has 0 aliphatic rings. The van der Waals surface area contributed by atoms with Gasteiger partial charge in [-0.15, -0.1) is 0 Å². The molecule has 0 nitrogen and oxygen atoms in total. The van der Waals surface area contributed by atoms with Gasteiger partial charge in [0.1, 0.15) is 0 Å². The van der Waals surface area contributed by atoms with Crippen LogP contribution in [0.1, 0.15) is 0 Å². The van der Waals surface area contributed by atoms with E-state index in [2.05, 4.69) is 0 Å². The van der Waals surface area contributed by atoms with Crippen LogP contribution in [-0.4, -0.2) is 115 Å². The zero-order valence-corrected chi connectivity index (χ0v) is 18.3. The van der Waals surface area contributed by atoms with Crippen molar-refractivity contribution in [1.82, 2.24) is 0 Å². The van der Waals surface area contributed by atoms with Crippen LogP contribution in [-0.2, 0) is 54.0 Å². The number of thiol groups is 4. The third kappa shape index (κ3) is 35.4. The first kappa shape index (κ1) is 57.4. The smallest absolute Gasteiger partial charge is 0.813 e. The number of rotatable bonds is 0. The quantitative estimate of drug-likeness (QED) is 0.219. The Morgan fingerprint density at radius 3 is 0.429 bits per heavy atom. The van der Waals surface area contributed by atoms with Gasteiger partial charge < -0.3 is 54.0 Å². The predicted molar refractivity (Wildman–Crippen MR) is 52.3 cm³/mol. The van der Waals surface area contributed by atoms with Crippen LogP contribution >= 0.6 is 0 Å². The predicted octanol–water partition coefficient (Wildman–Crippen LogP) is -2.22. The zero-order valence-electron chi connectivity index (χ0n) is 3.70. The van der Waals surface area contributed by atoms with Crippen molar-refractivity contribution < 1.29 is 0 Å². The van der Waals surface area contributed by atoms with E-state index < -0.39 is 0 Å². The summed E-state index contributed by atoms with van der Waals surface area (Å²) in [7, 11) is 0. The second-order valence-electron chi connectivity index (χ2n) is 0. The Bertz CT molecular complexity index is 9.65. The molecule has 0 saturated carbocycles. The van der Waals surface area contributed by atoms with Crippen LogP contribution in [0.2, 0.25) is 0 Å². The maximum atomic E-state index is 0. The molecule has 0 aromatic carbocycles. The molecule has 0 atom stereocenters. The topological polar surface area (TPSA) is 0 Å². The standard InChI is InChI=1S/2Ba.Ge.4H2S/h;;;4*1H2/q2*+2;;;;;/p-4. The van der Waals surface area contributed by atoms with E-state index in [1.165, 1.54) is 0 Å². The monoisotopic (exact) mass is 482 g/mol. The van der Waals surface area contributed by atoms with Crippen molar-refractivity contribution in [2.45, 2.75) is 0 Å². The molecule has 0 unspecified atom stereocenters. The molecule has 0 aliphatic carbocycles. The van der Waals surface area contributed by atoms with Gasteiger partial charge in [0.05, 0.1) is 0 Å². The molecule has 4 radical (unpaired) electrons. The summed E-state index contributed by atoms with van der Waals surface area (Å²) < 4.78 is 0. The first-order chi connectivity index (χ1) is 0. The van der Waals surface area contributed by atoms with Crippen LogP contribution in [0.25, 0.3) is 0 Å². The molecule has 0 bridgehead atoms. The first-order valence-electron chi connectivity index (χ1n) is 0. The van der Waals surface area contributed by atoms with E-state index in [1.54, 1.807) is 0 Å². The van der Waals surface area contributed by atoms with Crippen molar-refractivity contribution >= 4 is 169 Å². The molecule has 0 heterocycles. The molecular weight excluding hydrogens is 476 g/mol. The van der Waals surface area contributed by atoms with Crippen molar-refractivity contribution in [2.75, 3.05) is 0 Å². The van der Waals surface area contributed by atoms with Crippen LogP contribution in [0.4, 0.5) is 0 Å². The van der Waals surface area contributed by atoms with Gasteiger partial charge >= 0.3 is 97.8 Å². The van der Waals surface area contributed by atoms with Crippen molar-refractivity contribution in [3.05, 3.63) is 0 Å². The Labute approximate surface area is 164 Å². The molecule has 7 heavy (non-hydrogen) atoms. The Morgan fingerprint density at radius 1 is 0.429 bits per heavy atom. The summed E-state index contributed by atoms with van der Waals surface area (Å²) in [5.41, 5.74) is 0. The van der Waals surface area contributed by atoms with Crippen LogP contribution in [0, 0.1) is 0 Å². The fraction of sp³-hybridized carbons (Fsp3) is 0. The molecule has 0 N–H and O–H groups in total. The Morgan fingerprint density at radius 2 is 0.429 bits per heavy atom. The van der Waals surface area contributed by atoms with Crippen molar-refractivity contribution in [2.24, 2.45) is 0 Å². The summed E-state index contributed by atoms with van der Waals surface area (Å²) in [6.45, 7) is 0. The largest absolute Gasteiger partial charge is 2.00 e. The molecule has 0 aromatic heterocycles. The fourth-order valence-corrected chi connectivity index (χ4v) is 0. The van der Waals surface area contributed by atoms with E-state index in [-0.39, 0.29) is 169 Å². The van der Waals surface area contributed by atoms with Crippen molar-refractivity contribution in [1.29, 1.82) is 0 Å². The van der Waals surface area contributed by atoms with Gasteiger partial charge in [-0.1, -0.05) is 0 Å². The molecular formula is H4Ba2GeS4. The normalized spacial score (nSPS) is 0. The van der Waals surface area contributed by atoms with Crippen LogP contribution in [0.15, 0.2) is 0 Å². The molecule has 0 fully saturated rings. The summed E-state index contributed by atoms with van der Waals surface area (Å²) >= 11 is 0. The Hall–Kier alpha value is 5.09.